The van der Waals surface area contributed by atoms with Gasteiger partial charge in [0.25, 0.3) is 5.88 Å². The summed E-state index contributed by atoms with van der Waals surface area (Å²) in [6, 6.07) is 18.5. The molecule has 4 rings (SSSR count). The average Bonchev–Trinajstić information content (AvgIpc) is 3.32. The molecule has 0 spiro atoms. The fourth-order valence-corrected chi connectivity index (χ4v) is 3.85. The monoisotopic (exact) mass is 445 g/mol. The number of aliphatic imine (C=N–C) groups is 1. The van der Waals surface area contributed by atoms with Crippen LogP contribution in [0.3, 0.4) is 0 Å². The highest BCUT2D eigenvalue weighted by molar-refractivity contribution is 6.09. The van der Waals surface area contributed by atoms with E-state index in [1.807, 2.05) is 66.4 Å². The summed E-state index contributed by atoms with van der Waals surface area (Å²) in [6.07, 6.45) is 0. The highest BCUT2D eigenvalue weighted by atomic mass is 16.5. The zero-order valence-corrected chi connectivity index (χ0v) is 18.8. The molecule has 3 aromatic rings. The summed E-state index contributed by atoms with van der Waals surface area (Å²) in [6.45, 7) is 6.03. The molecule has 1 unspecified atom stereocenters. The molecule has 1 atom stereocenters. The van der Waals surface area contributed by atoms with Crippen molar-refractivity contribution in [3.8, 4) is 0 Å². The first-order chi connectivity index (χ1) is 15.9. The van der Waals surface area contributed by atoms with Gasteiger partial charge in [0.15, 0.2) is 11.7 Å². The molecule has 33 heavy (non-hydrogen) atoms. The number of nitrogens with two attached hydrogens (primary N) is 1. The second kappa shape index (κ2) is 9.68. The van der Waals surface area contributed by atoms with Crippen molar-refractivity contribution in [2.75, 3.05) is 26.2 Å². The molecule has 0 saturated carbocycles. The molecule has 1 saturated heterocycles. The molecule has 1 amide bonds. The van der Waals surface area contributed by atoms with Gasteiger partial charge in [-0.05, 0) is 11.6 Å². The predicted octanol–water partition coefficient (Wildman–Crippen LogP) is 3.17. The van der Waals surface area contributed by atoms with E-state index in [9.17, 15) is 9.59 Å². The number of carbonyl (C=O) groups is 2. The molecular weight excluding hydrogens is 418 g/mol. The van der Waals surface area contributed by atoms with Crippen molar-refractivity contribution in [1.29, 1.82) is 0 Å². The van der Waals surface area contributed by atoms with Crippen molar-refractivity contribution in [2.45, 2.75) is 19.8 Å². The summed E-state index contributed by atoms with van der Waals surface area (Å²) in [7, 11) is 0. The molecule has 0 aliphatic carbocycles. The molecule has 1 aliphatic rings. The minimum atomic E-state index is -0.0958. The van der Waals surface area contributed by atoms with E-state index in [0.29, 0.717) is 54.8 Å². The number of aromatic nitrogens is 1. The Morgan fingerprint density at radius 2 is 1.64 bits per heavy atom. The molecule has 2 heterocycles. The van der Waals surface area contributed by atoms with Crippen LogP contribution in [0.15, 0.2) is 70.2 Å². The third-order valence-corrected chi connectivity index (χ3v) is 5.92. The first-order valence-electron chi connectivity index (χ1n) is 10.9. The molecule has 1 aliphatic heterocycles. The Balaban J connectivity index is 1.46. The van der Waals surface area contributed by atoms with Gasteiger partial charge in [-0.3, -0.25) is 9.59 Å². The first-order valence-corrected chi connectivity index (χ1v) is 10.9. The molecular formula is C25H27N5O3. The zero-order valence-electron chi connectivity index (χ0n) is 18.8. The van der Waals surface area contributed by atoms with Crippen LogP contribution in [0.5, 0.6) is 0 Å². The number of benzene rings is 2. The second-order valence-electron chi connectivity index (χ2n) is 8.10. The maximum Gasteiger partial charge on any atom is 0.253 e. The summed E-state index contributed by atoms with van der Waals surface area (Å²) < 4.78 is 5.40. The topological polar surface area (TPSA) is 105 Å². The van der Waals surface area contributed by atoms with Crippen molar-refractivity contribution < 1.29 is 14.1 Å². The van der Waals surface area contributed by atoms with Gasteiger partial charge in [0.05, 0.1) is 5.69 Å². The molecule has 0 bridgehead atoms. The van der Waals surface area contributed by atoms with Crippen LogP contribution >= 0.6 is 0 Å². The number of carbonyl (C=O) groups excluding carboxylic acids is 2. The van der Waals surface area contributed by atoms with Gasteiger partial charge in [0.1, 0.15) is 0 Å². The Hall–Kier alpha value is -3.94. The van der Waals surface area contributed by atoms with Crippen LogP contribution in [-0.2, 0) is 4.79 Å². The van der Waals surface area contributed by atoms with Gasteiger partial charge in [-0.25, -0.2) is 0 Å². The van der Waals surface area contributed by atoms with Crippen molar-refractivity contribution in [1.82, 2.24) is 15.0 Å². The summed E-state index contributed by atoms with van der Waals surface area (Å²) in [5.41, 5.74) is 9.09. The van der Waals surface area contributed by atoms with Gasteiger partial charge in [-0.1, -0.05) is 60.6 Å². The van der Waals surface area contributed by atoms with Crippen LogP contribution in [-0.4, -0.2) is 58.8 Å². The Bertz CT molecular complexity index is 1160. The normalized spacial score (nSPS) is 15.4. The van der Waals surface area contributed by atoms with Crippen LogP contribution in [0.4, 0.5) is 5.88 Å². The fourth-order valence-electron chi connectivity index (χ4n) is 3.85. The van der Waals surface area contributed by atoms with Crippen LogP contribution in [0.2, 0.25) is 0 Å². The molecule has 170 valence electrons. The molecule has 8 heteroatoms. The Labute approximate surface area is 192 Å². The van der Waals surface area contributed by atoms with E-state index in [0.717, 1.165) is 5.56 Å². The lowest BCUT2D eigenvalue weighted by atomic mass is 9.94. The lowest BCUT2D eigenvalue weighted by molar-refractivity contribution is -0.130. The number of guanidine groups is 1. The van der Waals surface area contributed by atoms with E-state index in [-0.39, 0.29) is 17.6 Å². The standard InChI is InChI=1S/C25H27N5O3/c1-17(20-9-6-10-21(15-20)24(32)19-7-4-3-5-8-19)22-16-23(33-28-22)27-25(26)30-13-11-29(12-14-30)18(2)31/h3-10,15-17H,11-14H2,1-2H3,(H2,26,27). The lowest BCUT2D eigenvalue weighted by Crippen LogP contribution is -2.52. The van der Waals surface area contributed by atoms with E-state index in [1.54, 1.807) is 17.9 Å². The second-order valence-corrected chi connectivity index (χ2v) is 8.10. The van der Waals surface area contributed by atoms with Crippen LogP contribution < -0.4 is 5.73 Å². The van der Waals surface area contributed by atoms with Crippen LogP contribution in [0.1, 0.15) is 46.9 Å². The number of ketones is 1. The summed E-state index contributed by atoms with van der Waals surface area (Å²) in [5.74, 6) is 0.603. The molecule has 2 N–H and O–H groups in total. The minimum absolute atomic E-state index is 0.0206. The van der Waals surface area contributed by atoms with Gasteiger partial charge < -0.3 is 20.1 Å². The number of hydrogen-bond acceptors (Lipinski definition) is 5. The Morgan fingerprint density at radius 3 is 2.33 bits per heavy atom. The van der Waals surface area contributed by atoms with Gasteiger partial charge in [-0.2, -0.15) is 4.99 Å². The van der Waals surface area contributed by atoms with E-state index in [4.69, 9.17) is 10.3 Å². The molecule has 0 radical (unpaired) electrons. The van der Waals surface area contributed by atoms with E-state index in [1.165, 1.54) is 0 Å². The first kappa shape index (κ1) is 22.3. The maximum absolute atomic E-state index is 12.8. The Kier molecular flexibility index (Phi) is 6.53. The van der Waals surface area contributed by atoms with E-state index >= 15 is 0 Å². The van der Waals surface area contributed by atoms with Crippen LogP contribution in [0.25, 0.3) is 0 Å². The van der Waals surface area contributed by atoms with Crippen molar-refractivity contribution in [2.24, 2.45) is 10.7 Å². The maximum atomic E-state index is 12.8. The Morgan fingerprint density at radius 1 is 0.970 bits per heavy atom. The summed E-state index contributed by atoms with van der Waals surface area (Å²) >= 11 is 0. The number of nitrogens with zero attached hydrogens (tertiary/aromatic N) is 4. The zero-order chi connectivity index (χ0) is 23.4. The molecule has 2 aromatic carbocycles. The van der Waals surface area contributed by atoms with Crippen molar-refractivity contribution >= 4 is 23.5 Å². The molecule has 1 fully saturated rings. The highest BCUT2D eigenvalue weighted by Gasteiger charge is 2.21. The van der Waals surface area contributed by atoms with Crippen molar-refractivity contribution in [3.63, 3.8) is 0 Å². The highest BCUT2D eigenvalue weighted by Crippen LogP contribution is 2.27. The SMILES string of the molecule is CC(=O)N1CCN(/C(N)=N\c2cc(C(C)c3cccc(C(=O)c4ccccc4)c3)no2)CC1. The van der Waals surface area contributed by atoms with Gasteiger partial charge in [0.2, 0.25) is 5.91 Å². The smallest absolute Gasteiger partial charge is 0.253 e. The lowest BCUT2D eigenvalue weighted by Gasteiger charge is -2.34. The third-order valence-electron chi connectivity index (χ3n) is 5.92. The molecule has 8 nitrogen and oxygen atoms in total. The van der Waals surface area contributed by atoms with Crippen LogP contribution in [0, 0.1) is 0 Å². The summed E-state index contributed by atoms with van der Waals surface area (Å²) in [4.78, 5) is 32.4. The third kappa shape index (κ3) is 5.11. The number of amides is 1. The van der Waals surface area contributed by atoms with E-state index in [2.05, 4.69) is 10.1 Å². The van der Waals surface area contributed by atoms with Gasteiger partial charge >= 0.3 is 0 Å². The number of hydrogen-bond donors (Lipinski definition) is 1. The molecule has 1 aromatic heterocycles. The van der Waals surface area contributed by atoms with E-state index < -0.39 is 0 Å². The average molecular weight is 446 g/mol. The minimum Gasteiger partial charge on any atom is -0.369 e. The quantitative estimate of drug-likeness (QED) is 0.367. The number of rotatable bonds is 5. The van der Waals surface area contributed by atoms with Gasteiger partial charge in [0, 0.05) is 56.2 Å². The number of piperazine rings is 1. The van der Waals surface area contributed by atoms with Crippen molar-refractivity contribution in [3.05, 3.63) is 83.0 Å². The summed E-state index contributed by atoms with van der Waals surface area (Å²) in [5, 5.41) is 4.16. The largest absolute Gasteiger partial charge is 0.369 e. The predicted molar refractivity (Wildman–Crippen MR) is 125 cm³/mol. The fraction of sp³-hybridized carbons (Fsp3) is 0.280. The van der Waals surface area contributed by atoms with Gasteiger partial charge in [-0.15, -0.1) is 0 Å².